The molecule has 0 aliphatic heterocycles. The SMILES string of the molecule is O=[N+]([O-])c1ccc(S(=O)(=O)c2cc(Cl)c(O)c(Cl)c2Cl)cc1. The van der Waals surface area contributed by atoms with Crippen LogP contribution in [0.25, 0.3) is 0 Å². The van der Waals surface area contributed by atoms with E-state index in [9.17, 15) is 23.6 Å². The first-order chi connectivity index (χ1) is 10.2. The minimum absolute atomic E-state index is 0.224. The summed E-state index contributed by atoms with van der Waals surface area (Å²) in [7, 11) is -4.11. The van der Waals surface area contributed by atoms with Gasteiger partial charge in [-0.1, -0.05) is 34.8 Å². The molecule has 116 valence electrons. The summed E-state index contributed by atoms with van der Waals surface area (Å²) in [6.07, 6.45) is 0. The van der Waals surface area contributed by atoms with Crippen LogP contribution in [-0.4, -0.2) is 18.4 Å². The third kappa shape index (κ3) is 2.85. The molecule has 0 spiro atoms. The van der Waals surface area contributed by atoms with Crippen LogP contribution in [0.2, 0.25) is 15.1 Å². The second-order valence-electron chi connectivity index (χ2n) is 4.09. The van der Waals surface area contributed by atoms with Gasteiger partial charge in [-0.2, -0.15) is 0 Å². The average Bonchev–Trinajstić information content (AvgIpc) is 2.48. The fourth-order valence-corrected chi connectivity index (χ4v) is 4.02. The molecule has 0 heterocycles. The molecule has 0 unspecified atom stereocenters. The normalized spacial score (nSPS) is 11.4. The lowest BCUT2D eigenvalue weighted by Crippen LogP contribution is -2.03. The van der Waals surface area contributed by atoms with Crippen LogP contribution >= 0.6 is 34.8 Å². The maximum atomic E-state index is 12.5. The number of non-ortho nitro benzene ring substituents is 1. The van der Waals surface area contributed by atoms with Crippen molar-refractivity contribution in [1.29, 1.82) is 0 Å². The van der Waals surface area contributed by atoms with E-state index in [1.807, 2.05) is 0 Å². The molecule has 0 radical (unpaired) electrons. The van der Waals surface area contributed by atoms with E-state index in [1.165, 1.54) is 0 Å². The Balaban J connectivity index is 2.63. The number of phenols is 1. The highest BCUT2D eigenvalue weighted by molar-refractivity contribution is 7.91. The van der Waals surface area contributed by atoms with Gasteiger partial charge in [-0.15, -0.1) is 0 Å². The van der Waals surface area contributed by atoms with Crippen molar-refractivity contribution < 1.29 is 18.4 Å². The van der Waals surface area contributed by atoms with E-state index >= 15 is 0 Å². The van der Waals surface area contributed by atoms with Crippen molar-refractivity contribution in [2.45, 2.75) is 9.79 Å². The van der Waals surface area contributed by atoms with Gasteiger partial charge in [-0.05, 0) is 18.2 Å². The Morgan fingerprint density at radius 3 is 2.09 bits per heavy atom. The van der Waals surface area contributed by atoms with Crippen LogP contribution < -0.4 is 0 Å². The molecule has 0 aromatic heterocycles. The van der Waals surface area contributed by atoms with E-state index in [4.69, 9.17) is 34.8 Å². The van der Waals surface area contributed by atoms with Crippen molar-refractivity contribution in [3.63, 3.8) is 0 Å². The van der Waals surface area contributed by atoms with E-state index in [2.05, 4.69) is 0 Å². The highest BCUT2D eigenvalue weighted by Crippen LogP contribution is 2.42. The van der Waals surface area contributed by atoms with Crippen molar-refractivity contribution in [1.82, 2.24) is 0 Å². The summed E-state index contributed by atoms with van der Waals surface area (Å²) in [5, 5.41) is 19.0. The second kappa shape index (κ2) is 5.92. The van der Waals surface area contributed by atoms with Gasteiger partial charge in [-0.3, -0.25) is 10.1 Å². The third-order valence-electron chi connectivity index (χ3n) is 2.75. The van der Waals surface area contributed by atoms with Crippen molar-refractivity contribution in [3.05, 3.63) is 55.5 Å². The Labute approximate surface area is 139 Å². The molecule has 0 saturated heterocycles. The smallest absolute Gasteiger partial charge is 0.269 e. The van der Waals surface area contributed by atoms with Gasteiger partial charge in [0.15, 0.2) is 5.75 Å². The number of nitrogens with zero attached hydrogens (tertiary/aromatic N) is 1. The Hall–Kier alpha value is -1.54. The molecule has 6 nitrogen and oxygen atoms in total. The van der Waals surface area contributed by atoms with Crippen LogP contribution in [0.3, 0.4) is 0 Å². The maximum Gasteiger partial charge on any atom is 0.269 e. The van der Waals surface area contributed by atoms with Gasteiger partial charge in [0.1, 0.15) is 5.02 Å². The predicted molar refractivity (Wildman–Crippen MR) is 81.7 cm³/mol. The van der Waals surface area contributed by atoms with E-state index < -0.39 is 30.4 Å². The minimum Gasteiger partial charge on any atom is -0.505 e. The molecule has 0 fully saturated rings. The number of halogens is 3. The molecular formula is C12H6Cl3NO5S. The summed E-state index contributed by atoms with van der Waals surface area (Å²) in [4.78, 5) is 9.30. The number of hydrogen-bond donors (Lipinski definition) is 1. The van der Waals surface area contributed by atoms with Crippen molar-refractivity contribution in [2.24, 2.45) is 0 Å². The molecule has 1 N–H and O–H groups in total. The first kappa shape index (κ1) is 16.8. The van der Waals surface area contributed by atoms with Gasteiger partial charge in [0.25, 0.3) is 5.69 Å². The minimum atomic E-state index is -4.11. The molecule has 2 rings (SSSR count). The Kier molecular flexibility index (Phi) is 4.53. The zero-order valence-electron chi connectivity index (χ0n) is 10.5. The largest absolute Gasteiger partial charge is 0.505 e. The van der Waals surface area contributed by atoms with Crippen LogP contribution in [0.15, 0.2) is 40.1 Å². The van der Waals surface area contributed by atoms with E-state index in [1.54, 1.807) is 0 Å². The topological polar surface area (TPSA) is 97.5 Å². The highest BCUT2D eigenvalue weighted by atomic mass is 35.5. The molecule has 22 heavy (non-hydrogen) atoms. The first-order valence-electron chi connectivity index (χ1n) is 5.52. The molecule has 2 aromatic carbocycles. The van der Waals surface area contributed by atoms with Gasteiger partial charge >= 0.3 is 0 Å². The van der Waals surface area contributed by atoms with Crippen LogP contribution in [0.1, 0.15) is 0 Å². The second-order valence-corrected chi connectivity index (χ2v) is 7.17. The predicted octanol–water partition coefficient (Wildman–Crippen LogP) is 4.09. The molecular weight excluding hydrogens is 377 g/mol. The lowest BCUT2D eigenvalue weighted by molar-refractivity contribution is -0.384. The number of nitro benzene ring substituents is 1. The standard InChI is InChI=1S/C12H6Cl3NO5S/c13-8-5-9(10(14)11(15)12(8)17)22(20,21)7-3-1-6(2-4-7)16(18)19/h1-5,17H. The molecule has 2 aromatic rings. The number of phenolic OH excluding ortho intramolecular Hbond substituents is 1. The number of nitro groups is 1. The van der Waals surface area contributed by atoms with Gasteiger partial charge in [-0.25, -0.2) is 8.42 Å². The number of benzene rings is 2. The van der Waals surface area contributed by atoms with Gasteiger partial charge in [0, 0.05) is 12.1 Å². The molecule has 0 atom stereocenters. The Bertz CT molecular complexity index is 865. The number of hydrogen-bond acceptors (Lipinski definition) is 5. The summed E-state index contributed by atoms with van der Waals surface area (Å²) >= 11 is 17.3. The molecule has 0 aliphatic carbocycles. The molecule has 0 bridgehead atoms. The fraction of sp³-hybridized carbons (Fsp3) is 0. The quantitative estimate of drug-likeness (QED) is 0.490. The highest BCUT2D eigenvalue weighted by Gasteiger charge is 2.26. The van der Waals surface area contributed by atoms with E-state index in [0.717, 1.165) is 30.3 Å². The molecule has 10 heteroatoms. The van der Waals surface area contributed by atoms with Gasteiger partial charge < -0.3 is 5.11 Å². The van der Waals surface area contributed by atoms with Gasteiger partial charge in [0.2, 0.25) is 9.84 Å². The molecule has 0 aliphatic rings. The Morgan fingerprint density at radius 2 is 1.59 bits per heavy atom. The van der Waals surface area contributed by atoms with Crippen molar-refractivity contribution in [3.8, 4) is 5.75 Å². The summed E-state index contributed by atoms with van der Waals surface area (Å²) in [5.41, 5.74) is -0.258. The lowest BCUT2D eigenvalue weighted by atomic mass is 10.3. The van der Waals surface area contributed by atoms with Crippen molar-refractivity contribution >= 4 is 50.3 Å². The summed E-state index contributed by atoms with van der Waals surface area (Å²) in [5.74, 6) is -0.531. The van der Waals surface area contributed by atoms with Gasteiger partial charge in [0.05, 0.1) is 24.8 Å². The van der Waals surface area contributed by atoms with E-state index in [-0.39, 0.29) is 20.6 Å². The lowest BCUT2D eigenvalue weighted by Gasteiger charge is -2.10. The van der Waals surface area contributed by atoms with E-state index in [0.29, 0.717) is 0 Å². The van der Waals surface area contributed by atoms with Crippen LogP contribution in [0, 0.1) is 10.1 Å². The van der Waals surface area contributed by atoms with Crippen molar-refractivity contribution in [2.75, 3.05) is 0 Å². The zero-order chi connectivity index (χ0) is 16.7. The Morgan fingerprint density at radius 1 is 1.05 bits per heavy atom. The number of rotatable bonds is 3. The van der Waals surface area contributed by atoms with Crippen LogP contribution in [0.5, 0.6) is 5.75 Å². The molecule has 0 saturated carbocycles. The molecule has 0 amide bonds. The summed E-state index contributed by atoms with van der Waals surface area (Å²) < 4.78 is 25.0. The maximum absolute atomic E-state index is 12.5. The fourth-order valence-electron chi connectivity index (χ4n) is 1.63. The average molecular weight is 383 g/mol. The first-order valence-corrected chi connectivity index (χ1v) is 8.14. The summed E-state index contributed by atoms with van der Waals surface area (Å²) in [6, 6.07) is 5.19. The zero-order valence-corrected chi connectivity index (χ0v) is 13.5. The van der Waals surface area contributed by atoms with Crippen LogP contribution in [0.4, 0.5) is 5.69 Å². The monoisotopic (exact) mass is 381 g/mol. The summed E-state index contributed by atoms with van der Waals surface area (Å²) in [6.45, 7) is 0. The number of sulfone groups is 1. The third-order valence-corrected chi connectivity index (χ3v) is 5.80. The van der Waals surface area contributed by atoms with Crippen LogP contribution in [-0.2, 0) is 9.84 Å². The number of aromatic hydroxyl groups is 1.